The van der Waals surface area contributed by atoms with Crippen molar-refractivity contribution in [2.45, 2.75) is 59.4 Å². The molecule has 1 saturated carbocycles. The van der Waals surface area contributed by atoms with Gasteiger partial charge in [0.1, 0.15) is 0 Å². The van der Waals surface area contributed by atoms with Gasteiger partial charge in [0.15, 0.2) is 0 Å². The summed E-state index contributed by atoms with van der Waals surface area (Å²) in [6.07, 6.45) is 4.10. The number of rotatable bonds is 5. The lowest BCUT2D eigenvalue weighted by Crippen LogP contribution is -2.45. The molecule has 0 aliphatic heterocycles. The van der Waals surface area contributed by atoms with Gasteiger partial charge in [-0.05, 0) is 44.4 Å². The molecule has 1 nitrogen and oxygen atoms in total. The van der Waals surface area contributed by atoms with Crippen molar-refractivity contribution in [3.8, 4) is 0 Å². The Morgan fingerprint density at radius 2 is 1.69 bits per heavy atom. The van der Waals surface area contributed by atoms with Crippen LogP contribution >= 0.6 is 0 Å². The molecule has 0 heterocycles. The summed E-state index contributed by atoms with van der Waals surface area (Å²) in [6.45, 7) is 12.8. The number of nitrogens with one attached hydrogen (secondary N) is 1. The maximum Gasteiger partial charge on any atom is 0.0153 e. The van der Waals surface area contributed by atoms with Gasteiger partial charge in [-0.1, -0.05) is 20.8 Å². The van der Waals surface area contributed by atoms with Gasteiger partial charge in [-0.25, -0.2) is 0 Å². The zero-order valence-corrected chi connectivity index (χ0v) is 9.91. The van der Waals surface area contributed by atoms with Gasteiger partial charge in [-0.2, -0.15) is 0 Å². The van der Waals surface area contributed by atoms with E-state index in [4.69, 9.17) is 0 Å². The fraction of sp³-hybridized carbons (Fsp3) is 1.00. The molecule has 0 amide bonds. The molecule has 1 heteroatoms. The summed E-state index contributed by atoms with van der Waals surface area (Å²) >= 11 is 0. The molecule has 0 aromatic rings. The Hall–Kier alpha value is -0.0400. The van der Waals surface area contributed by atoms with Crippen LogP contribution in [0.25, 0.3) is 0 Å². The van der Waals surface area contributed by atoms with E-state index in [-0.39, 0.29) is 0 Å². The zero-order valence-electron chi connectivity index (χ0n) is 9.91. The maximum absolute atomic E-state index is 3.71. The first-order valence-electron chi connectivity index (χ1n) is 5.62. The lowest BCUT2D eigenvalue weighted by Gasteiger charge is -2.32. The van der Waals surface area contributed by atoms with Crippen LogP contribution in [0.4, 0.5) is 0 Å². The Bertz CT molecular complexity index is 166. The molecule has 0 unspecified atom stereocenters. The van der Waals surface area contributed by atoms with Gasteiger partial charge in [-0.3, -0.25) is 0 Å². The largest absolute Gasteiger partial charge is 0.311 e. The summed E-state index contributed by atoms with van der Waals surface area (Å²) in [5, 5.41) is 3.71. The first kappa shape index (κ1) is 11.0. The molecule has 0 atom stereocenters. The van der Waals surface area contributed by atoms with Crippen molar-refractivity contribution >= 4 is 0 Å². The summed E-state index contributed by atoms with van der Waals surface area (Å²) in [5.41, 5.74) is 0.818. The second kappa shape index (κ2) is 3.61. The van der Waals surface area contributed by atoms with Gasteiger partial charge in [0.25, 0.3) is 0 Å². The minimum Gasteiger partial charge on any atom is -0.311 e. The third-order valence-corrected chi connectivity index (χ3v) is 3.58. The standard InChI is InChI=1S/C12H25N/c1-6-11(2,3)9-13-12(4,5)10-7-8-10/h10,13H,6-9H2,1-5H3. The molecule has 13 heavy (non-hydrogen) atoms. The predicted octanol–water partition coefficient (Wildman–Crippen LogP) is 3.20. The molecular weight excluding hydrogens is 158 g/mol. The van der Waals surface area contributed by atoms with E-state index < -0.39 is 0 Å². The van der Waals surface area contributed by atoms with Crippen LogP contribution in [-0.4, -0.2) is 12.1 Å². The molecule has 1 aliphatic rings. The minimum atomic E-state index is 0.367. The van der Waals surface area contributed by atoms with Gasteiger partial charge in [0.2, 0.25) is 0 Å². The van der Waals surface area contributed by atoms with Crippen LogP contribution < -0.4 is 5.32 Å². The fourth-order valence-corrected chi connectivity index (χ4v) is 1.54. The van der Waals surface area contributed by atoms with E-state index in [9.17, 15) is 0 Å². The van der Waals surface area contributed by atoms with Gasteiger partial charge in [-0.15, -0.1) is 0 Å². The van der Waals surface area contributed by atoms with Crippen molar-refractivity contribution in [1.82, 2.24) is 5.32 Å². The first-order valence-corrected chi connectivity index (χ1v) is 5.62. The SMILES string of the molecule is CCC(C)(C)CNC(C)(C)C1CC1. The monoisotopic (exact) mass is 183 g/mol. The summed E-state index contributed by atoms with van der Waals surface area (Å²) in [6, 6.07) is 0. The van der Waals surface area contributed by atoms with E-state index in [2.05, 4.69) is 39.9 Å². The second-order valence-electron chi connectivity index (χ2n) is 5.87. The van der Waals surface area contributed by atoms with Crippen LogP contribution in [0.15, 0.2) is 0 Å². The lowest BCUT2D eigenvalue weighted by molar-refractivity contribution is 0.253. The van der Waals surface area contributed by atoms with E-state index in [1.165, 1.54) is 19.3 Å². The molecule has 1 aliphatic carbocycles. The van der Waals surface area contributed by atoms with Crippen LogP contribution in [0.5, 0.6) is 0 Å². The number of hydrogen-bond donors (Lipinski definition) is 1. The molecule has 0 spiro atoms. The highest BCUT2D eigenvalue weighted by atomic mass is 15.0. The van der Waals surface area contributed by atoms with Crippen molar-refractivity contribution in [3.63, 3.8) is 0 Å². The van der Waals surface area contributed by atoms with Crippen molar-refractivity contribution in [2.24, 2.45) is 11.3 Å². The average molecular weight is 183 g/mol. The lowest BCUT2D eigenvalue weighted by atomic mass is 9.88. The normalized spacial score (nSPS) is 19.2. The van der Waals surface area contributed by atoms with Crippen LogP contribution in [0, 0.1) is 11.3 Å². The summed E-state index contributed by atoms with van der Waals surface area (Å²) in [4.78, 5) is 0. The third-order valence-electron chi connectivity index (χ3n) is 3.58. The predicted molar refractivity (Wildman–Crippen MR) is 58.9 cm³/mol. The first-order chi connectivity index (χ1) is 5.87. The molecule has 1 N–H and O–H groups in total. The molecule has 0 saturated heterocycles. The van der Waals surface area contributed by atoms with Gasteiger partial charge >= 0.3 is 0 Å². The van der Waals surface area contributed by atoms with E-state index in [0.717, 1.165) is 12.5 Å². The average Bonchev–Trinajstić information content (AvgIpc) is 2.84. The highest BCUT2D eigenvalue weighted by molar-refractivity contribution is 4.95. The van der Waals surface area contributed by atoms with Crippen LogP contribution in [-0.2, 0) is 0 Å². The molecule has 0 aromatic heterocycles. The van der Waals surface area contributed by atoms with Gasteiger partial charge in [0.05, 0.1) is 0 Å². The Morgan fingerprint density at radius 3 is 2.08 bits per heavy atom. The summed E-state index contributed by atoms with van der Waals surface area (Å²) < 4.78 is 0. The molecule has 0 radical (unpaired) electrons. The minimum absolute atomic E-state index is 0.367. The highest BCUT2D eigenvalue weighted by Gasteiger charge is 2.37. The smallest absolute Gasteiger partial charge is 0.0153 e. The molecular formula is C12H25N. The fourth-order valence-electron chi connectivity index (χ4n) is 1.54. The highest BCUT2D eigenvalue weighted by Crippen LogP contribution is 2.39. The Kier molecular flexibility index (Phi) is 3.06. The Morgan fingerprint density at radius 1 is 1.15 bits per heavy atom. The molecule has 0 aromatic carbocycles. The van der Waals surface area contributed by atoms with E-state index >= 15 is 0 Å². The van der Waals surface area contributed by atoms with Crippen LogP contribution in [0.3, 0.4) is 0 Å². The van der Waals surface area contributed by atoms with Crippen molar-refractivity contribution in [2.75, 3.05) is 6.54 Å². The van der Waals surface area contributed by atoms with E-state index in [0.29, 0.717) is 11.0 Å². The molecule has 0 bridgehead atoms. The molecule has 1 rings (SSSR count). The van der Waals surface area contributed by atoms with Gasteiger partial charge < -0.3 is 5.32 Å². The quantitative estimate of drug-likeness (QED) is 0.690. The Balaban J connectivity index is 2.32. The van der Waals surface area contributed by atoms with Crippen molar-refractivity contribution in [3.05, 3.63) is 0 Å². The van der Waals surface area contributed by atoms with E-state index in [1.807, 2.05) is 0 Å². The topological polar surface area (TPSA) is 12.0 Å². The molecule has 78 valence electrons. The third kappa shape index (κ3) is 3.30. The zero-order chi connectivity index (χ0) is 10.1. The second-order valence-corrected chi connectivity index (χ2v) is 5.87. The number of hydrogen-bond acceptors (Lipinski definition) is 1. The van der Waals surface area contributed by atoms with Crippen molar-refractivity contribution in [1.29, 1.82) is 0 Å². The van der Waals surface area contributed by atoms with Crippen LogP contribution in [0.1, 0.15) is 53.9 Å². The van der Waals surface area contributed by atoms with E-state index in [1.54, 1.807) is 0 Å². The van der Waals surface area contributed by atoms with Crippen molar-refractivity contribution < 1.29 is 0 Å². The Labute approximate surface area is 83.3 Å². The van der Waals surface area contributed by atoms with Crippen LogP contribution in [0.2, 0.25) is 0 Å². The molecule has 1 fully saturated rings. The summed E-state index contributed by atoms with van der Waals surface area (Å²) in [5.74, 6) is 0.931. The van der Waals surface area contributed by atoms with Gasteiger partial charge in [0, 0.05) is 12.1 Å². The summed E-state index contributed by atoms with van der Waals surface area (Å²) in [7, 11) is 0. The maximum atomic E-state index is 3.71.